The molecule has 2 aliphatic heterocycles. The van der Waals surface area contributed by atoms with Gasteiger partial charge in [0.05, 0.1) is 19.8 Å². The molecule has 4 nitrogen and oxygen atoms in total. The highest BCUT2D eigenvalue weighted by Gasteiger charge is 2.26. The second kappa shape index (κ2) is 5.31. The summed E-state index contributed by atoms with van der Waals surface area (Å²) in [6, 6.07) is 5.84. The first-order valence-corrected chi connectivity index (χ1v) is 6.92. The van der Waals surface area contributed by atoms with Gasteiger partial charge in [-0.2, -0.15) is 0 Å². The number of rotatable bonds is 4. The van der Waals surface area contributed by atoms with E-state index in [1.165, 1.54) is 0 Å². The van der Waals surface area contributed by atoms with Gasteiger partial charge in [-0.15, -0.1) is 0 Å². The number of likely N-dealkylation sites (tertiary alicyclic amines) is 1. The molecule has 0 amide bonds. The maximum atomic E-state index is 12.3. The summed E-state index contributed by atoms with van der Waals surface area (Å²) in [7, 11) is 0. The Bertz CT molecular complexity index is 486. The van der Waals surface area contributed by atoms with E-state index < -0.39 is 0 Å². The predicted molar refractivity (Wildman–Crippen MR) is 71.7 cm³/mol. The van der Waals surface area contributed by atoms with Crippen LogP contribution in [0, 0.1) is 0 Å². The van der Waals surface area contributed by atoms with E-state index in [1.54, 1.807) is 0 Å². The molecule has 2 aliphatic rings. The first kappa shape index (κ1) is 12.6. The summed E-state index contributed by atoms with van der Waals surface area (Å²) in [6.07, 6.45) is 2.94. The molecule has 0 aliphatic carbocycles. The van der Waals surface area contributed by atoms with Crippen LogP contribution in [0.25, 0.3) is 0 Å². The van der Waals surface area contributed by atoms with E-state index >= 15 is 0 Å². The summed E-state index contributed by atoms with van der Waals surface area (Å²) in [4.78, 5) is 14.4. The lowest BCUT2D eigenvalue weighted by atomic mass is 10.0. The highest BCUT2D eigenvalue weighted by atomic mass is 16.5. The molecule has 0 bridgehead atoms. The fourth-order valence-corrected chi connectivity index (χ4v) is 2.95. The van der Waals surface area contributed by atoms with Gasteiger partial charge in [0.1, 0.15) is 5.75 Å². The van der Waals surface area contributed by atoms with Crippen molar-refractivity contribution in [1.82, 2.24) is 4.90 Å². The highest BCUT2D eigenvalue weighted by molar-refractivity contribution is 5.98. The molecule has 1 fully saturated rings. The second-order valence-corrected chi connectivity index (χ2v) is 5.29. The Morgan fingerprint density at radius 3 is 3.21 bits per heavy atom. The van der Waals surface area contributed by atoms with Crippen LogP contribution in [0.3, 0.4) is 0 Å². The quantitative estimate of drug-likeness (QED) is 0.829. The largest absolute Gasteiger partial charge is 0.493 e. The van der Waals surface area contributed by atoms with Gasteiger partial charge in [0.25, 0.3) is 0 Å². The molecule has 1 N–H and O–H groups in total. The second-order valence-electron chi connectivity index (χ2n) is 5.29. The number of carbonyl (C=O) groups excluding carboxylic acids is 1. The Morgan fingerprint density at radius 2 is 2.37 bits per heavy atom. The Labute approximate surface area is 113 Å². The Balaban J connectivity index is 1.70. The van der Waals surface area contributed by atoms with Crippen LogP contribution in [0.2, 0.25) is 0 Å². The van der Waals surface area contributed by atoms with Crippen molar-refractivity contribution in [2.24, 2.45) is 0 Å². The fraction of sp³-hybridized carbons (Fsp3) is 0.533. The third kappa shape index (κ3) is 2.51. The Kier molecular flexibility index (Phi) is 3.53. The minimum atomic E-state index is 0.134. The van der Waals surface area contributed by atoms with Crippen LogP contribution < -0.4 is 4.74 Å². The Hall–Kier alpha value is -1.39. The number of hydrogen-bond donors (Lipinski definition) is 1. The lowest BCUT2D eigenvalue weighted by molar-refractivity contribution is 0.0888. The molecule has 2 heterocycles. The summed E-state index contributed by atoms with van der Waals surface area (Å²) >= 11 is 0. The summed E-state index contributed by atoms with van der Waals surface area (Å²) in [5.74, 6) is 1.04. The molecular weight excluding hydrogens is 242 g/mol. The number of aliphatic hydroxyl groups is 1. The van der Waals surface area contributed by atoms with E-state index in [1.807, 2.05) is 18.2 Å². The molecular formula is C15H19NO3. The molecule has 1 aromatic rings. The standard InChI is InChI=1S/C15H19NO3/c17-10-13-2-1-6-16(13)9-14(18)11-3-4-15-12(8-11)5-7-19-15/h3-4,8,13,17H,1-2,5-7,9-10H2. The number of fused-ring (bicyclic) bond motifs is 1. The molecule has 1 atom stereocenters. The van der Waals surface area contributed by atoms with Gasteiger partial charge in [0.15, 0.2) is 5.78 Å². The van der Waals surface area contributed by atoms with Gasteiger partial charge in [0.2, 0.25) is 0 Å². The van der Waals surface area contributed by atoms with E-state index in [-0.39, 0.29) is 18.4 Å². The van der Waals surface area contributed by atoms with E-state index in [0.29, 0.717) is 13.2 Å². The topological polar surface area (TPSA) is 49.8 Å². The molecule has 102 valence electrons. The SMILES string of the molecule is O=C(CN1CCCC1CO)c1ccc2c(c1)CCO2. The van der Waals surface area contributed by atoms with Gasteiger partial charge in [0, 0.05) is 18.0 Å². The van der Waals surface area contributed by atoms with Gasteiger partial charge >= 0.3 is 0 Å². The number of benzene rings is 1. The molecule has 4 heteroatoms. The number of aliphatic hydroxyl groups excluding tert-OH is 1. The molecule has 3 rings (SSSR count). The number of carbonyl (C=O) groups is 1. The summed E-state index contributed by atoms with van der Waals surface area (Å²) in [5.41, 5.74) is 1.89. The highest BCUT2D eigenvalue weighted by Crippen LogP contribution is 2.26. The molecule has 0 saturated carbocycles. The zero-order valence-corrected chi connectivity index (χ0v) is 11.0. The molecule has 0 aromatic heterocycles. The van der Waals surface area contributed by atoms with Crippen LogP contribution >= 0.6 is 0 Å². The van der Waals surface area contributed by atoms with Crippen LogP contribution in [-0.4, -0.2) is 48.1 Å². The monoisotopic (exact) mass is 261 g/mol. The summed E-state index contributed by atoms with van der Waals surface area (Å²) < 4.78 is 5.45. The van der Waals surface area contributed by atoms with Crippen molar-refractivity contribution in [2.75, 3.05) is 26.3 Å². The molecule has 1 aromatic carbocycles. The van der Waals surface area contributed by atoms with Crippen molar-refractivity contribution in [2.45, 2.75) is 25.3 Å². The molecule has 19 heavy (non-hydrogen) atoms. The number of ketones is 1. The van der Waals surface area contributed by atoms with E-state index in [2.05, 4.69) is 4.90 Å². The van der Waals surface area contributed by atoms with Crippen molar-refractivity contribution < 1.29 is 14.6 Å². The average Bonchev–Trinajstić information content (AvgIpc) is 3.05. The van der Waals surface area contributed by atoms with Crippen molar-refractivity contribution >= 4 is 5.78 Å². The predicted octanol–water partition coefficient (Wildman–Crippen LogP) is 1.26. The van der Waals surface area contributed by atoms with E-state index in [9.17, 15) is 9.90 Å². The number of ether oxygens (including phenoxy) is 1. The minimum Gasteiger partial charge on any atom is -0.493 e. The molecule has 0 radical (unpaired) electrons. The zero-order chi connectivity index (χ0) is 13.2. The summed E-state index contributed by atoms with van der Waals surface area (Å²) in [5, 5.41) is 9.28. The number of hydrogen-bond acceptors (Lipinski definition) is 4. The van der Waals surface area contributed by atoms with Crippen LogP contribution in [-0.2, 0) is 6.42 Å². The smallest absolute Gasteiger partial charge is 0.176 e. The van der Waals surface area contributed by atoms with Crippen molar-refractivity contribution in [1.29, 1.82) is 0 Å². The third-order valence-electron chi connectivity index (χ3n) is 4.07. The van der Waals surface area contributed by atoms with Gasteiger partial charge in [-0.25, -0.2) is 0 Å². The fourth-order valence-electron chi connectivity index (χ4n) is 2.95. The van der Waals surface area contributed by atoms with Gasteiger partial charge in [-0.1, -0.05) is 0 Å². The van der Waals surface area contributed by atoms with Crippen molar-refractivity contribution in [3.63, 3.8) is 0 Å². The van der Waals surface area contributed by atoms with Gasteiger partial charge < -0.3 is 9.84 Å². The van der Waals surface area contributed by atoms with Crippen molar-refractivity contribution in [3.8, 4) is 5.75 Å². The maximum absolute atomic E-state index is 12.3. The van der Waals surface area contributed by atoms with E-state index in [4.69, 9.17) is 4.74 Å². The van der Waals surface area contributed by atoms with Crippen LogP contribution in [0.5, 0.6) is 5.75 Å². The molecule has 1 saturated heterocycles. The first-order valence-electron chi connectivity index (χ1n) is 6.92. The number of Topliss-reactive ketones (excluding diaryl/α,β-unsaturated/α-hetero) is 1. The zero-order valence-electron chi connectivity index (χ0n) is 11.0. The van der Waals surface area contributed by atoms with Crippen molar-refractivity contribution in [3.05, 3.63) is 29.3 Å². The normalized spacial score (nSPS) is 22.3. The van der Waals surface area contributed by atoms with Gasteiger partial charge in [-0.05, 0) is 43.1 Å². The molecule has 1 unspecified atom stereocenters. The third-order valence-corrected chi connectivity index (χ3v) is 4.07. The average molecular weight is 261 g/mol. The van der Waals surface area contributed by atoms with Crippen LogP contribution in [0.4, 0.5) is 0 Å². The molecule has 0 spiro atoms. The van der Waals surface area contributed by atoms with Crippen LogP contribution in [0.15, 0.2) is 18.2 Å². The maximum Gasteiger partial charge on any atom is 0.176 e. The van der Waals surface area contributed by atoms with Gasteiger partial charge in [-0.3, -0.25) is 9.69 Å². The number of nitrogens with zero attached hydrogens (tertiary/aromatic N) is 1. The Morgan fingerprint density at radius 1 is 1.47 bits per heavy atom. The van der Waals surface area contributed by atoms with E-state index in [0.717, 1.165) is 42.7 Å². The summed E-state index contributed by atoms with van der Waals surface area (Å²) in [6.45, 7) is 2.17. The lowest BCUT2D eigenvalue weighted by Gasteiger charge is -2.21. The van der Waals surface area contributed by atoms with Crippen LogP contribution in [0.1, 0.15) is 28.8 Å². The first-order chi connectivity index (χ1) is 9.28. The lowest BCUT2D eigenvalue weighted by Crippen LogP contribution is -2.36. The minimum absolute atomic E-state index is 0.134.